The lowest BCUT2D eigenvalue weighted by Gasteiger charge is -2.20. The molecule has 1 aromatic carbocycles. The Kier molecular flexibility index (Phi) is 4.28. The molecule has 2 N–H and O–H groups in total. The first kappa shape index (κ1) is 12.5. The molecule has 0 radical (unpaired) electrons. The highest BCUT2D eigenvalue weighted by atomic mass is 19.1. The molecular formula is C12H16FNO2. The molecule has 0 unspecified atom stereocenters. The van der Waals surface area contributed by atoms with E-state index in [4.69, 9.17) is 10.5 Å². The summed E-state index contributed by atoms with van der Waals surface area (Å²) < 4.78 is 17.7. The second-order valence-electron chi connectivity index (χ2n) is 4.05. The SMILES string of the molecule is CC(C)[C@@H](Cc1ccc(F)cc1)OC(N)=O. The number of ether oxygens (including phenoxy) is 1. The highest BCUT2D eigenvalue weighted by Gasteiger charge is 2.17. The number of halogens is 1. The van der Waals surface area contributed by atoms with Crippen molar-refractivity contribution in [1.29, 1.82) is 0 Å². The fourth-order valence-electron chi connectivity index (χ4n) is 1.42. The third-order valence-electron chi connectivity index (χ3n) is 2.36. The second kappa shape index (κ2) is 5.49. The van der Waals surface area contributed by atoms with Gasteiger partial charge in [0.25, 0.3) is 0 Å². The zero-order valence-corrected chi connectivity index (χ0v) is 9.44. The van der Waals surface area contributed by atoms with Gasteiger partial charge in [0.05, 0.1) is 0 Å². The van der Waals surface area contributed by atoms with Gasteiger partial charge >= 0.3 is 6.09 Å². The van der Waals surface area contributed by atoms with Crippen molar-refractivity contribution in [2.75, 3.05) is 0 Å². The van der Waals surface area contributed by atoms with Gasteiger partial charge < -0.3 is 10.5 Å². The van der Waals surface area contributed by atoms with E-state index in [9.17, 15) is 9.18 Å². The van der Waals surface area contributed by atoms with Gasteiger partial charge in [0.2, 0.25) is 0 Å². The van der Waals surface area contributed by atoms with Crippen LogP contribution in [0.5, 0.6) is 0 Å². The van der Waals surface area contributed by atoms with Gasteiger partial charge in [-0.25, -0.2) is 9.18 Å². The molecule has 0 saturated carbocycles. The van der Waals surface area contributed by atoms with E-state index in [-0.39, 0.29) is 17.8 Å². The molecule has 1 amide bonds. The van der Waals surface area contributed by atoms with Crippen LogP contribution in [0.15, 0.2) is 24.3 Å². The van der Waals surface area contributed by atoms with Crippen molar-refractivity contribution in [1.82, 2.24) is 0 Å². The molecule has 0 bridgehead atoms. The van der Waals surface area contributed by atoms with Crippen molar-refractivity contribution in [2.24, 2.45) is 11.7 Å². The van der Waals surface area contributed by atoms with Crippen molar-refractivity contribution < 1.29 is 13.9 Å². The second-order valence-corrected chi connectivity index (χ2v) is 4.05. The summed E-state index contributed by atoms with van der Waals surface area (Å²) in [6.45, 7) is 3.88. The van der Waals surface area contributed by atoms with Crippen LogP contribution in [0.3, 0.4) is 0 Å². The largest absolute Gasteiger partial charge is 0.446 e. The molecule has 88 valence electrons. The van der Waals surface area contributed by atoms with E-state index in [0.717, 1.165) is 5.56 Å². The fraction of sp³-hybridized carbons (Fsp3) is 0.417. The smallest absolute Gasteiger partial charge is 0.404 e. The summed E-state index contributed by atoms with van der Waals surface area (Å²) in [4.78, 5) is 10.7. The van der Waals surface area contributed by atoms with Crippen molar-refractivity contribution >= 4 is 6.09 Å². The van der Waals surface area contributed by atoms with E-state index in [1.54, 1.807) is 12.1 Å². The fourth-order valence-corrected chi connectivity index (χ4v) is 1.42. The van der Waals surface area contributed by atoms with Crippen LogP contribution >= 0.6 is 0 Å². The first-order valence-electron chi connectivity index (χ1n) is 5.19. The van der Waals surface area contributed by atoms with Crippen LogP contribution in [-0.4, -0.2) is 12.2 Å². The maximum atomic E-state index is 12.7. The van der Waals surface area contributed by atoms with Crippen molar-refractivity contribution in [3.63, 3.8) is 0 Å². The lowest BCUT2D eigenvalue weighted by molar-refractivity contribution is 0.0788. The van der Waals surface area contributed by atoms with Gasteiger partial charge in [0.15, 0.2) is 0 Å². The number of primary amides is 1. The summed E-state index contributed by atoms with van der Waals surface area (Å²) in [7, 11) is 0. The Bertz CT molecular complexity index is 349. The molecule has 16 heavy (non-hydrogen) atoms. The van der Waals surface area contributed by atoms with Crippen LogP contribution in [0.25, 0.3) is 0 Å². The highest BCUT2D eigenvalue weighted by Crippen LogP contribution is 2.14. The Hall–Kier alpha value is -1.58. The van der Waals surface area contributed by atoms with Gasteiger partial charge in [-0.3, -0.25) is 0 Å². The van der Waals surface area contributed by atoms with Crippen molar-refractivity contribution in [3.8, 4) is 0 Å². The molecule has 1 rings (SSSR count). The van der Waals surface area contributed by atoms with Gasteiger partial charge in [-0.15, -0.1) is 0 Å². The summed E-state index contributed by atoms with van der Waals surface area (Å²) in [5, 5.41) is 0. The number of amides is 1. The maximum Gasteiger partial charge on any atom is 0.404 e. The van der Waals surface area contributed by atoms with E-state index in [0.29, 0.717) is 6.42 Å². The van der Waals surface area contributed by atoms with Crippen molar-refractivity contribution in [3.05, 3.63) is 35.6 Å². The van der Waals surface area contributed by atoms with Crippen LogP contribution in [0.1, 0.15) is 19.4 Å². The number of hydrogen-bond donors (Lipinski definition) is 1. The zero-order chi connectivity index (χ0) is 12.1. The van der Waals surface area contributed by atoms with Gasteiger partial charge in [0, 0.05) is 6.42 Å². The molecule has 0 saturated heterocycles. The van der Waals surface area contributed by atoms with Gasteiger partial charge in [-0.2, -0.15) is 0 Å². The summed E-state index contributed by atoms with van der Waals surface area (Å²) in [5.74, 6) is -0.113. The Labute approximate surface area is 94.4 Å². The molecule has 0 aliphatic heterocycles. The molecule has 1 aromatic rings. The standard InChI is InChI=1S/C12H16FNO2/c1-8(2)11(16-12(14)15)7-9-3-5-10(13)6-4-9/h3-6,8,11H,7H2,1-2H3,(H2,14,15)/t11-/m1/s1. The minimum atomic E-state index is -0.777. The number of nitrogens with two attached hydrogens (primary N) is 1. The average Bonchev–Trinajstić information content (AvgIpc) is 2.19. The minimum Gasteiger partial charge on any atom is -0.446 e. The number of carbonyl (C=O) groups excluding carboxylic acids is 1. The third-order valence-corrected chi connectivity index (χ3v) is 2.36. The summed E-state index contributed by atoms with van der Waals surface area (Å²) in [5.41, 5.74) is 5.91. The van der Waals surface area contributed by atoms with Crippen LogP contribution in [0.2, 0.25) is 0 Å². The normalized spacial score (nSPS) is 12.5. The molecule has 0 aromatic heterocycles. The molecule has 0 aliphatic rings. The molecule has 1 atom stereocenters. The zero-order valence-electron chi connectivity index (χ0n) is 9.44. The number of rotatable bonds is 4. The van der Waals surface area contributed by atoms with Crippen LogP contribution in [-0.2, 0) is 11.2 Å². The van der Waals surface area contributed by atoms with Crippen LogP contribution in [0.4, 0.5) is 9.18 Å². The first-order chi connectivity index (χ1) is 7.49. The lowest BCUT2D eigenvalue weighted by atomic mass is 9.99. The topological polar surface area (TPSA) is 52.3 Å². The Morgan fingerprint density at radius 3 is 2.38 bits per heavy atom. The van der Waals surface area contributed by atoms with E-state index in [1.165, 1.54) is 12.1 Å². The minimum absolute atomic E-state index is 0.164. The third kappa shape index (κ3) is 3.88. The van der Waals surface area contributed by atoms with Crippen molar-refractivity contribution in [2.45, 2.75) is 26.4 Å². The lowest BCUT2D eigenvalue weighted by Crippen LogP contribution is -2.28. The monoisotopic (exact) mass is 225 g/mol. The molecule has 4 heteroatoms. The Morgan fingerprint density at radius 2 is 1.94 bits per heavy atom. The summed E-state index contributed by atoms with van der Waals surface area (Å²) in [6, 6.07) is 6.12. The quantitative estimate of drug-likeness (QED) is 0.855. The molecule has 0 fully saturated rings. The van der Waals surface area contributed by atoms with Gasteiger partial charge in [-0.1, -0.05) is 26.0 Å². The van der Waals surface area contributed by atoms with E-state index >= 15 is 0 Å². The molecule has 0 spiro atoms. The highest BCUT2D eigenvalue weighted by molar-refractivity contribution is 5.64. The predicted octanol–water partition coefficient (Wildman–Crippen LogP) is 2.49. The molecule has 3 nitrogen and oxygen atoms in total. The number of carbonyl (C=O) groups is 1. The van der Waals surface area contributed by atoms with Crippen LogP contribution in [0, 0.1) is 11.7 Å². The molecular weight excluding hydrogens is 209 g/mol. The molecule has 0 aliphatic carbocycles. The van der Waals surface area contributed by atoms with Crippen LogP contribution < -0.4 is 5.73 Å². The van der Waals surface area contributed by atoms with Gasteiger partial charge in [-0.05, 0) is 23.6 Å². The average molecular weight is 225 g/mol. The first-order valence-corrected chi connectivity index (χ1v) is 5.19. The Morgan fingerprint density at radius 1 is 1.38 bits per heavy atom. The summed E-state index contributed by atoms with van der Waals surface area (Å²) >= 11 is 0. The summed E-state index contributed by atoms with van der Waals surface area (Å²) in [6.07, 6.45) is -0.510. The Balaban J connectivity index is 2.67. The van der Waals surface area contributed by atoms with E-state index < -0.39 is 6.09 Å². The van der Waals surface area contributed by atoms with E-state index in [1.807, 2.05) is 13.8 Å². The van der Waals surface area contributed by atoms with E-state index in [2.05, 4.69) is 0 Å². The molecule has 0 heterocycles. The maximum absolute atomic E-state index is 12.7. The predicted molar refractivity (Wildman–Crippen MR) is 59.4 cm³/mol. The van der Waals surface area contributed by atoms with Gasteiger partial charge in [0.1, 0.15) is 11.9 Å². The number of hydrogen-bond acceptors (Lipinski definition) is 2. The number of benzene rings is 1.